The first-order valence-corrected chi connectivity index (χ1v) is 6.64. The molecule has 0 aromatic rings. The fraction of sp³-hybridized carbons (Fsp3) is 0.692. The molecule has 2 saturated heterocycles. The van der Waals surface area contributed by atoms with Crippen molar-refractivity contribution >= 4 is 12.1 Å². The van der Waals surface area contributed by atoms with Crippen molar-refractivity contribution < 1.29 is 28.5 Å². The van der Waals surface area contributed by atoms with Gasteiger partial charge >= 0.3 is 12.1 Å². The highest BCUT2D eigenvalue weighted by Crippen LogP contribution is 2.21. The van der Waals surface area contributed by atoms with Gasteiger partial charge in [0, 0.05) is 12.1 Å². The smallest absolute Gasteiger partial charge is 0.411 e. The van der Waals surface area contributed by atoms with E-state index < -0.39 is 12.1 Å². The zero-order valence-electron chi connectivity index (χ0n) is 11.6. The van der Waals surface area contributed by atoms with Crippen LogP contribution >= 0.6 is 0 Å². The van der Waals surface area contributed by atoms with E-state index in [4.69, 9.17) is 18.9 Å². The lowest BCUT2D eigenvalue weighted by atomic mass is 10.1. The van der Waals surface area contributed by atoms with Gasteiger partial charge in [-0.25, -0.2) is 9.59 Å². The molecule has 2 fully saturated rings. The molecule has 0 saturated carbocycles. The van der Waals surface area contributed by atoms with Gasteiger partial charge in [0.05, 0.1) is 31.5 Å². The van der Waals surface area contributed by atoms with Crippen molar-refractivity contribution in [2.45, 2.75) is 32.5 Å². The molecular weight excluding hydrogens is 266 g/mol. The largest absolute Gasteiger partial charge is 0.459 e. The molecule has 1 amide bonds. The van der Waals surface area contributed by atoms with Crippen LogP contribution in [0.4, 0.5) is 4.79 Å². The lowest BCUT2D eigenvalue weighted by Crippen LogP contribution is -2.27. The third-order valence-corrected chi connectivity index (χ3v) is 2.92. The van der Waals surface area contributed by atoms with Crippen LogP contribution < -0.4 is 5.32 Å². The first-order chi connectivity index (χ1) is 9.60. The van der Waals surface area contributed by atoms with Gasteiger partial charge in [0.1, 0.15) is 12.7 Å². The summed E-state index contributed by atoms with van der Waals surface area (Å²) in [5, 5.41) is 2.58. The molecular formula is C13H19NO6. The minimum Gasteiger partial charge on any atom is -0.459 e. The molecule has 0 spiro atoms. The highest BCUT2D eigenvalue weighted by molar-refractivity contribution is 5.89. The van der Waals surface area contributed by atoms with Crippen molar-refractivity contribution in [3.63, 3.8) is 0 Å². The normalized spacial score (nSPS) is 24.5. The lowest BCUT2D eigenvalue weighted by molar-refractivity contribution is -0.139. The van der Waals surface area contributed by atoms with E-state index in [1.165, 1.54) is 0 Å². The summed E-state index contributed by atoms with van der Waals surface area (Å²) < 4.78 is 20.0. The van der Waals surface area contributed by atoms with E-state index in [9.17, 15) is 9.59 Å². The molecule has 7 heteroatoms. The highest BCUT2D eigenvalue weighted by Gasteiger charge is 2.28. The third-order valence-electron chi connectivity index (χ3n) is 2.92. The molecule has 0 bridgehead atoms. The molecule has 0 aromatic carbocycles. The Hall–Kier alpha value is -1.60. The Balaban J connectivity index is 1.94. The van der Waals surface area contributed by atoms with Crippen molar-refractivity contribution in [2.75, 3.05) is 26.4 Å². The second-order valence-electron chi connectivity index (χ2n) is 4.66. The van der Waals surface area contributed by atoms with Gasteiger partial charge in [-0.2, -0.15) is 0 Å². The lowest BCUT2D eigenvalue weighted by Gasteiger charge is -2.12. The van der Waals surface area contributed by atoms with Crippen LogP contribution in [0.5, 0.6) is 0 Å². The maximum Gasteiger partial charge on any atom is 0.411 e. The standard InChI is InChI=1S/C13H19NO6/c1-3-17-13(16)14-11(4-9-5-18-9)8(2)12(15)20-7-10-6-19-10/h9-10H,3-7H2,1-2H3,(H,14,16). The van der Waals surface area contributed by atoms with Gasteiger partial charge in [0.2, 0.25) is 0 Å². The van der Waals surface area contributed by atoms with Crippen molar-refractivity contribution in [3.05, 3.63) is 11.3 Å². The minimum atomic E-state index is -0.583. The number of hydrogen-bond donors (Lipinski definition) is 1. The summed E-state index contributed by atoms with van der Waals surface area (Å²) in [5.41, 5.74) is 0.835. The quantitative estimate of drug-likeness (QED) is 0.421. The Labute approximate surface area is 117 Å². The van der Waals surface area contributed by atoms with Gasteiger partial charge < -0.3 is 18.9 Å². The van der Waals surface area contributed by atoms with Gasteiger partial charge in [0.25, 0.3) is 0 Å². The Morgan fingerprint density at radius 3 is 2.40 bits per heavy atom. The molecule has 2 aliphatic heterocycles. The van der Waals surface area contributed by atoms with E-state index in [0.717, 1.165) is 0 Å². The van der Waals surface area contributed by atoms with Crippen molar-refractivity contribution in [3.8, 4) is 0 Å². The second-order valence-corrected chi connectivity index (χ2v) is 4.66. The van der Waals surface area contributed by atoms with E-state index >= 15 is 0 Å². The number of amides is 1. The van der Waals surface area contributed by atoms with Crippen LogP contribution in [0.3, 0.4) is 0 Å². The number of epoxide rings is 2. The molecule has 7 nitrogen and oxygen atoms in total. The van der Waals surface area contributed by atoms with Crippen LogP contribution in [0.2, 0.25) is 0 Å². The van der Waals surface area contributed by atoms with Crippen molar-refractivity contribution in [2.24, 2.45) is 0 Å². The van der Waals surface area contributed by atoms with Crippen LogP contribution in [0, 0.1) is 0 Å². The van der Waals surface area contributed by atoms with E-state index in [1.807, 2.05) is 0 Å². The number of ether oxygens (including phenoxy) is 4. The fourth-order valence-electron chi connectivity index (χ4n) is 1.57. The Morgan fingerprint density at radius 1 is 1.20 bits per heavy atom. The Morgan fingerprint density at radius 2 is 1.85 bits per heavy atom. The molecule has 1 N–H and O–H groups in total. The van der Waals surface area contributed by atoms with Gasteiger partial charge in [-0.3, -0.25) is 5.32 Å². The Bertz CT molecular complexity index is 411. The molecule has 112 valence electrons. The minimum absolute atomic E-state index is 0.0139. The maximum atomic E-state index is 11.9. The Kier molecular flexibility index (Phi) is 4.97. The predicted molar refractivity (Wildman–Crippen MR) is 67.9 cm³/mol. The number of carbonyl (C=O) groups is 2. The maximum absolute atomic E-state index is 11.9. The summed E-state index contributed by atoms with van der Waals surface area (Å²) in [6.45, 7) is 5.08. The number of hydrogen-bond acceptors (Lipinski definition) is 6. The van der Waals surface area contributed by atoms with E-state index in [-0.39, 0.29) is 25.4 Å². The first kappa shape index (κ1) is 14.8. The van der Waals surface area contributed by atoms with Crippen LogP contribution in [-0.2, 0) is 23.7 Å². The summed E-state index contributed by atoms with van der Waals surface area (Å²) in [7, 11) is 0. The number of alkyl carbamates (subject to hydrolysis) is 1. The molecule has 2 rings (SSSR count). The van der Waals surface area contributed by atoms with Crippen molar-refractivity contribution in [1.29, 1.82) is 0 Å². The SMILES string of the molecule is CCOC(=O)NC(CC1CO1)=C(C)C(=O)OCC1CO1. The fourth-order valence-corrected chi connectivity index (χ4v) is 1.57. The van der Waals surface area contributed by atoms with Crippen LogP contribution in [0.15, 0.2) is 11.3 Å². The predicted octanol–water partition coefficient (Wildman–Crippen LogP) is 0.737. The van der Waals surface area contributed by atoms with Gasteiger partial charge in [-0.05, 0) is 13.8 Å². The molecule has 2 unspecified atom stereocenters. The highest BCUT2D eigenvalue weighted by atomic mass is 16.6. The third kappa shape index (κ3) is 4.82. The number of rotatable bonds is 7. The molecule has 20 heavy (non-hydrogen) atoms. The summed E-state index contributed by atoms with van der Waals surface area (Å²) in [6.07, 6.45) is -0.0677. The molecule has 2 aliphatic rings. The average Bonchev–Trinajstić information content (AvgIpc) is 3.28. The first-order valence-electron chi connectivity index (χ1n) is 6.64. The second kappa shape index (κ2) is 6.71. The van der Waals surface area contributed by atoms with Crippen molar-refractivity contribution in [1.82, 2.24) is 5.32 Å². The topological polar surface area (TPSA) is 89.7 Å². The summed E-state index contributed by atoms with van der Waals surface area (Å²) in [5.74, 6) is -0.465. The average molecular weight is 285 g/mol. The van der Waals surface area contributed by atoms with E-state index in [0.29, 0.717) is 30.9 Å². The molecule has 2 atom stereocenters. The molecule has 0 aromatic heterocycles. The summed E-state index contributed by atoms with van der Waals surface area (Å²) in [6, 6.07) is 0. The molecule has 2 heterocycles. The van der Waals surface area contributed by atoms with Gasteiger partial charge in [0.15, 0.2) is 0 Å². The van der Waals surface area contributed by atoms with Gasteiger partial charge in [-0.1, -0.05) is 0 Å². The summed E-state index contributed by atoms with van der Waals surface area (Å²) in [4.78, 5) is 23.4. The zero-order valence-corrected chi connectivity index (χ0v) is 11.6. The molecule has 0 aliphatic carbocycles. The zero-order chi connectivity index (χ0) is 14.5. The van der Waals surface area contributed by atoms with E-state index in [2.05, 4.69) is 5.32 Å². The number of esters is 1. The molecule has 0 radical (unpaired) electrons. The monoisotopic (exact) mass is 285 g/mol. The summed E-state index contributed by atoms with van der Waals surface area (Å²) >= 11 is 0. The van der Waals surface area contributed by atoms with E-state index in [1.54, 1.807) is 13.8 Å². The number of nitrogens with one attached hydrogen (secondary N) is 1. The van der Waals surface area contributed by atoms with Gasteiger partial charge in [-0.15, -0.1) is 0 Å². The van der Waals surface area contributed by atoms with Crippen LogP contribution in [0.25, 0.3) is 0 Å². The number of carbonyl (C=O) groups excluding carboxylic acids is 2. The van der Waals surface area contributed by atoms with Crippen LogP contribution in [0.1, 0.15) is 20.3 Å². The van der Waals surface area contributed by atoms with Crippen LogP contribution in [-0.4, -0.2) is 50.7 Å².